The van der Waals surface area contributed by atoms with E-state index >= 15 is 0 Å². The molecule has 0 bridgehead atoms. The third kappa shape index (κ3) is 2.49. The highest BCUT2D eigenvalue weighted by Gasteiger charge is 2.04. The average Bonchev–Trinajstić information content (AvgIpc) is 2.53. The van der Waals surface area contributed by atoms with Crippen LogP contribution in [0.2, 0.25) is 0 Å². The van der Waals surface area contributed by atoms with Gasteiger partial charge in [-0.15, -0.1) is 0 Å². The highest BCUT2D eigenvalue weighted by molar-refractivity contribution is 5.79. The van der Waals surface area contributed by atoms with E-state index in [0.29, 0.717) is 11.3 Å². The smallest absolute Gasteiger partial charge is 0.153 e. The molecule has 0 aliphatic carbocycles. The second-order valence-corrected chi connectivity index (χ2v) is 4.29. The van der Waals surface area contributed by atoms with E-state index in [1.165, 1.54) is 0 Å². The second-order valence-electron chi connectivity index (χ2n) is 4.29. The lowest BCUT2D eigenvalue weighted by Gasteiger charge is -2.07. The lowest BCUT2D eigenvalue weighted by atomic mass is 10.2. The van der Waals surface area contributed by atoms with Crippen LogP contribution in [0.5, 0.6) is 5.75 Å². The summed E-state index contributed by atoms with van der Waals surface area (Å²) in [6, 6.07) is 14.8. The first-order valence-corrected chi connectivity index (χ1v) is 6.24. The van der Waals surface area contributed by atoms with Gasteiger partial charge < -0.3 is 4.74 Å². The zero-order valence-corrected chi connectivity index (χ0v) is 10.7. The SMILES string of the molecule is O=Cc1ccccc1OCc1cnc2ccccc2n1. The molecule has 0 saturated carbocycles. The van der Waals surface area contributed by atoms with Crippen molar-refractivity contribution in [3.05, 3.63) is 66.0 Å². The van der Waals surface area contributed by atoms with Crippen LogP contribution in [0.3, 0.4) is 0 Å². The van der Waals surface area contributed by atoms with E-state index in [1.54, 1.807) is 24.4 Å². The summed E-state index contributed by atoms with van der Waals surface area (Å²) in [6.45, 7) is 0.280. The number of ether oxygens (including phenoxy) is 1. The van der Waals surface area contributed by atoms with Crippen molar-refractivity contribution in [2.75, 3.05) is 0 Å². The summed E-state index contributed by atoms with van der Waals surface area (Å²) in [5.41, 5.74) is 2.94. The summed E-state index contributed by atoms with van der Waals surface area (Å²) in [4.78, 5) is 19.7. The Hall–Kier alpha value is -2.75. The van der Waals surface area contributed by atoms with Crippen LogP contribution >= 0.6 is 0 Å². The molecule has 0 atom stereocenters. The van der Waals surface area contributed by atoms with Crippen molar-refractivity contribution in [1.29, 1.82) is 0 Å². The molecule has 2 aromatic carbocycles. The van der Waals surface area contributed by atoms with Crippen LogP contribution in [0.4, 0.5) is 0 Å². The molecule has 0 aliphatic heterocycles. The summed E-state index contributed by atoms with van der Waals surface area (Å²) < 4.78 is 5.63. The van der Waals surface area contributed by atoms with Crippen molar-refractivity contribution in [3.63, 3.8) is 0 Å². The Morgan fingerprint density at radius 3 is 2.60 bits per heavy atom. The number of rotatable bonds is 4. The minimum Gasteiger partial charge on any atom is -0.486 e. The van der Waals surface area contributed by atoms with E-state index in [0.717, 1.165) is 23.0 Å². The average molecular weight is 264 g/mol. The van der Waals surface area contributed by atoms with Gasteiger partial charge in [0.15, 0.2) is 6.29 Å². The lowest BCUT2D eigenvalue weighted by Crippen LogP contribution is -2.01. The molecule has 0 radical (unpaired) electrons. The molecule has 3 rings (SSSR count). The highest BCUT2D eigenvalue weighted by Crippen LogP contribution is 2.17. The van der Waals surface area contributed by atoms with Crippen LogP contribution in [0.1, 0.15) is 16.1 Å². The molecule has 0 fully saturated rings. The Labute approximate surface area is 116 Å². The van der Waals surface area contributed by atoms with Crippen LogP contribution < -0.4 is 4.74 Å². The van der Waals surface area contributed by atoms with Gasteiger partial charge in [0.1, 0.15) is 12.4 Å². The number of nitrogens with zero attached hydrogens (tertiary/aromatic N) is 2. The number of aromatic nitrogens is 2. The highest BCUT2D eigenvalue weighted by atomic mass is 16.5. The zero-order chi connectivity index (χ0) is 13.8. The molecule has 4 heteroatoms. The van der Waals surface area contributed by atoms with Gasteiger partial charge in [0.2, 0.25) is 0 Å². The van der Waals surface area contributed by atoms with E-state index in [2.05, 4.69) is 9.97 Å². The number of aldehydes is 1. The molecule has 0 aliphatic rings. The van der Waals surface area contributed by atoms with E-state index < -0.39 is 0 Å². The van der Waals surface area contributed by atoms with Gasteiger partial charge in [0, 0.05) is 0 Å². The monoisotopic (exact) mass is 264 g/mol. The molecule has 0 N–H and O–H groups in total. The van der Waals surface area contributed by atoms with E-state index in [-0.39, 0.29) is 6.61 Å². The molecular formula is C16H12N2O2. The van der Waals surface area contributed by atoms with Crippen LogP contribution in [0.15, 0.2) is 54.7 Å². The maximum atomic E-state index is 10.9. The molecule has 4 nitrogen and oxygen atoms in total. The molecule has 0 spiro atoms. The van der Waals surface area contributed by atoms with Crippen LogP contribution in [0.25, 0.3) is 11.0 Å². The van der Waals surface area contributed by atoms with Crippen molar-refractivity contribution >= 4 is 17.3 Å². The molecule has 1 heterocycles. The van der Waals surface area contributed by atoms with Crippen molar-refractivity contribution in [2.45, 2.75) is 6.61 Å². The number of para-hydroxylation sites is 3. The molecule has 0 unspecified atom stereocenters. The fourth-order valence-electron chi connectivity index (χ4n) is 1.93. The number of carbonyl (C=O) groups is 1. The number of benzene rings is 2. The molecule has 1 aromatic heterocycles. The minimum absolute atomic E-state index is 0.280. The fourth-order valence-corrected chi connectivity index (χ4v) is 1.93. The van der Waals surface area contributed by atoms with Crippen molar-refractivity contribution in [2.24, 2.45) is 0 Å². The van der Waals surface area contributed by atoms with Gasteiger partial charge in [-0.05, 0) is 24.3 Å². The molecule has 20 heavy (non-hydrogen) atoms. The first kappa shape index (κ1) is 12.3. The summed E-state index contributed by atoms with van der Waals surface area (Å²) in [6.07, 6.45) is 2.47. The Morgan fingerprint density at radius 2 is 1.75 bits per heavy atom. The third-order valence-corrected chi connectivity index (χ3v) is 2.92. The third-order valence-electron chi connectivity index (χ3n) is 2.92. The summed E-state index contributed by atoms with van der Waals surface area (Å²) >= 11 is 0. The molecule has 98 valence electrons. The first-order valence-electron chi connectivity index (χ1n) is 6.24. The largest absolute Gasteiger partial charge is 0.486 e. The predicted octanol–water partition coefficient (Wildman–Crippen LogP) is 3.02. The summed E-state index contributed by atoms with van der Waals surface area (Å²) in [5, 5.41) is 0. The van der Waals surface area contributed by atoms with E-state index in [1.807, 2.05) is 30.3 Å². The number of fused-ring (bicyclic) bond motifs is 1. The Kier molecular flexibility index (Phi) is 3.37. The standard InChI is InChI=1S/C16H12N2O2/c19-10-12-5-1-4-8-16(12)20-11-13-9-17-14-6-2-3-7-15(14)18-13/h1-10H,11H2. The van der Waals surface area contributed by atoms with Crippen LogP contribution in [0, 0.1) is 0 Å². The topological polar surface area (TPSA) is 52.1 Å². The Balaban J connectivity index is 1.81. The first-order chi connectivity index (χ1) is 9.86. The zero-order valence-electron chi connectivity index (χ0n) is 10.7. The minimum atomic E-state index is 0.280. The van der Waals surface area contributed by atoms with Crippen molar-refractivity contribution in [3.8, 4) is 5.75 Å². The van der Waals surface area contributed by atoms with Crippen molar-refractivity contribution in [1.82, 2.24) is 9.97 Å². The predicted molar refractivity (Wildman–Crippen MR) is 75.7 cm³/mol. The van der Waals surface area contributed by atoms with E-state index in [4.69, 9.17) is 4.74 Å². The van der Waals surface area contributed by atoms with Gasteiger partial charge in [0.05, 0.1) is 28.5 Å². The normalized spacial score (nSPS) is 10.4. The molecule has 0 saturated heterocycles. The maximum Gasteiger partial charge on any atom is 0.153 e. The van der Waals surface area contributed by atoms with Gasteiger partial charge >= 0.3 is 0 Å². The molecule has 3 aromatic rings. The van der Waals surface area contributed by atoms with Crippen LogP contribution in [-0.4, -0.2) is 16.3 Å². The van der Waals surface area contributed by atoms with Gasteiger partial charge in [0.25, 0.3) is 0 Å². The maximum absolute atomic E-state index is 10.9. The van der Waals surface area contributed by atoms with Gasteiger partial charge in [-0.2, -0.15) is 0 Å². The molecular weight excluding hydrogens is 252 g/mol. The fraction of sp³-hybridized carbons (Fsp3) is 0.0625. The van der Waals surface area contributed by atoms with Gasteiger partial charge in [-0.3, -0.25) is 9.78 Å². The van der Waals surface area contributed by atoms with Crippen molar-refractivity contribution < 1.29 is 9.53 Å². The summed E-state index contributed by atoms with van der Waals surface area (Å²) in [5.74, 6) is 0.553. The van der Waals surface area contributed by atoms with Gasteiger partial charge in [-0.25, -0.2) is 4.98 Å². The quantitative estimate of drug-likeness (QED) is 0.680. The number of hydrogen-bond donors (Lipinski definition) is 0. The Morgan fingerprint density at radius 1 is 1.00 bits per heavy atom. The Bertz CT molecular complexity index is 756. The summed E-state index contributed by atoms with van der Waals surface area (Å²) in [7, 11) is 0. The lowest BCUT2D eigenvalue weighted by molar-refractivity contribution is 0.111. The molecule has 0 amide bonds. The number of carbonyl (C=O) groups excluding carboxylic acids is 1. The number of hydrogen-bond acceptors (Lipinski definition) is 4. The van der Waals surface area contributed by atoms with Crippen LogP contribution in [-0.2, 0) is 6.61 Å². The van der Waals surface area contributed by atoms with E-state index in [9.17, 15) is 4.79 Å². The van der Waals surface area contributed by atoms with Gasteiger partial charge in [-0.1, -0.05) is 24.3 Å². The second kappa shape index (κ2) is 5.48.